The van der Waals surface area contributed by atoms with Crippen LogP contribution in [-0.4, -0.2) is 24.6 Å². The highest BCUT2D eigenvalue weighted by Gasteiger charge is 2.11. The monoisotopic (exact) mass is 285 g/mol. The van der Waals surface area contributed by atoms with E-state index in [1.54, 1.807) is 0 Å². The molecule has 1 aromatic heterocycles. The maximum Gasteiger partial charge on any atom is 0.129 e. The fourth-order valence-corrected chi connectivity index (χ4v) is 2.63. The van der Waals surface area contributed by atoms with Gasteiger partial charge in [-0.05, 0) is 37.1 Å². The summed E-state index contributed by atoms with van der Waals surface area (Å²) < 4.78 is 0. The molecule has 0 aliphatic rings. The third kappa shape index (κ3) is 3.94. The van der Waals surface area contributed by atoms with Crippen molar-refractivity contribution in [2.24, 2.45) is 5.92 Å². The third-order valence-electron chi connectivity index (χ3n) is 3.65. The van der Waals surface area contributed by atoms with Crippen molar-refractivity contribution in [3.8, 4) is 0 Å². The van der Waals surface area contributed by atoms with Gasteiger partial charge >= 0.3 is 0 Å². The predicted molar refractivity (Wildman–Crippen MR) is 91.8 cm³/mol. The lowest BCUT2D eigenvalue weighted by Gasteiger charge is -2.25. The topological polar surface area (TPSA) is 28.2 Å². The molecule has 0 radical (unpaired) electrons. The van der Waals surface area contributed by atoms with Gasteiger partial charge in [0.25, 0.3) is 0 Å². The van der Waals surface area contributed by atoms with E-state index in [1.165, 1.54) is 10.9 Å². The molecule has 3 heteroatoms. The summed E-state index contributed by atoms with van der Waals surface area (Å²) in [5.74, 6) is 1.73. The standard InChI is InChI=1S/C18H27N3/c1-5-19-12-15-11-18(21(6-2)13-14(3)4)20-17-10-8-7-9-16(15)17/h7-11,14,19H,5-6,12-13H2,1-4H3. The molecule has 0 unspecified atom stereocenters. The van der Waals surface area contributed by atoms with Crippen LogP contribution in [0.25, 0.3) is 10.9 Å². The minimum Gasteiger partial charge on any atom is -0.357 e. The summed E-state index contributed by atoms with van der Waals surface area (Å²) in [4.78, 5) is 7.23. The van der Waals surface area contributed by atoms with Crippen LogP contribution in [0.1, 0.15) is 33.3 Å². The molecule has 0 bridgehead atoms. The minimum absolute atomic E-state index is 0.635. The molecule has 1 aromatic carbocycles. The molecule has 2 rings (SSSR count). The Hall–Kier alpha value is -1.61. The number of pyridine rings is 1. The molecule has 1 N–H and O–H groups in total. The van der Waals surface area contributed by atoms with E-state index >= 15 is 0 Å². The fraction of sp³-hybridized carbons (Fsp3) is 0.500. The first-order valence-corrected chi connectivity index (χ1v) is 8.00. The zero-order chi connectivity index (χ0) is 15.2. The molecule has 3 nitrogen and oxygen atoms in total. The molecule has 0 atom stereocenters. The van der Waals surface area contributed by atoms with Crippen LogP contribution in [0.5, 0.6) is 0 Å². The summed E-state index contributed by atoms with van der Waals surface area (Å²) in [7, 11) is 0. The molecule has 0 spiro atoms. The second-order valence-electron chi connectivity index (χ2n) is 5.87. The zero-order valence-electron chi connectivity index (χ0n) is 13.7. The van der Waals surface area contributed by atoms with E-state index in [1.807, 2.05) is 0 Å². The van der Waals surface area contributed by atoms with Gasteiger partial charge in [0, 0.05) is 25.0 Å². The van der Waals surface area contributed by atoms with Crippen molar-refractivity contribution in [3.05, 3.63) is 35.9 Å². The molecule has 1 heterocycles. The van der Waals surface area contributed by atoms with E-state index in [0.717, 1.165) is 37.5 Å². The van der Waals surface area contributed by atoms with Gasteiger partial charge in [-0.15, -0.1) is 0 Å². The van der Waals surface area contributed by atoms with Gasteiger partial charge in [-0.3, -0.25) is 0 Å². The lowest BCUT2D eigenvalue weighted by molar-refractivity contribution is 0.614. The van der Waals surface area contributed by atoms with E-state index in [4.69, 9.17) is 4.98 Å². The van der Waals surface area contributed by atoms with Crippen LogP contribution in [-0.2, 0) is 6.54 Å². The quantitative estimate of drug-likeness (QED) is 0.838. The summed E-state index contributed by atoms with van der Waals surface area (Å²) in [6.45, 7) is 12.8. The first-order valence-electron chi connectivity index (χ1n) is 8.00. The second-order valence-corrected chi connectivity index (χ2v) is 5.87. The Kier molecular flexibility index (Phi) is 5.57. The lowest BCUT2D eigenvalue weighted by Crippen LogP contribution is -2.28. The maximum atomic E-state index is 4.87. The van der Waals surface area contributed by atoms with Gasteiger partial charge in [-0.25, -0.2) is 4.98 Å². The van der Waals surface area contributed by atoms with E-state index in [-0.39, 0.29) is 0 Å². The number of anilines is 1. The zero-order valence-corrected chi connectivity index (χ0v) is 13.7. The van der Waals surface area contributed by atoms with Crippen molar-refractivity contribution in [1.29, 1.82) is 0 Å². The van der Waals surface area contributed by atoms with Gasteiger partial charge in [0.15, 0.2) is 0 Å². The maximum absolute atomic E-state index is 4.87. The average molecular weight is 285 g/mol. The van der Waals surface area contributed by atoms with E-state index < -0.39 is 0 Å². The molecule has 21 heavy (non-hydrogen) atoms. The number of hydrogen-bond donors (Lipinski definition) is 1. The van der Waals surface area contributed by atoms with Gasteiger partial charge in [0.1, 0.15) is 5.82 Å². The van der Waals surface area contributed by atoms with Crippen molar-refractivity contribution in [2.75, 3.05) is 24.5 Å². The van der Waals surface area contributed by atoms with Crippen molar-refractivity contribution in [3.63, 3.8) is 0 Å². The molecule has 2 aromatic rings. The normalized spacial score (nSPS) is 11.3. The van der Waals surface area contributed by atoms with E-state index in [2.05, 4.69) is 68.2 Å². The Morgan fingerprint density at radius 2 is 1.95 bits per heavy atom. The van der Waals surface area contributed by atoms with Crippen molar-refractivity contribution in [2.45, 2.75) is 34.2 Å². The van der Waals surface area contributed by atoms with Gasteiger partial charge in [-0.1, -0.05) is 39.0 Å². The molecule has 0 saturated heterocycles. The first-order chi connectivity index (χ1) is 10.2. The average Bonchev–Trinajstić information content (AvgIpc) is 2.49. The fourth-order valence-electron chi connectivity index (χ4n) is 2.63. The highest BCUT2D eigenvalue weighted by atomic mass is 15.2. The Bertz CT molecular complexity index is 578. The summed E-state index contributed by atoms with van der Waals surface area (Å²) in [6, 6.07) is 10.7. The van der Waals surface area contributed by atoms with Gasteiger partial charge in [0.2, 0.25) is 0 Å². The molecule has 0 saturated carbocycles. The van der Waals surface area contributed by atoms with Gasteiger partial charge in [0.05, 0.1) is 5.52 Å². The number of hydrogen-bond acceptors (Lipinski definition) is 3. The molecule has 0 fully saturated rings. The third-order valence-corrected chi connectivity index (χ3v) is 3.65. The van der Waals surface area contributed by atoms with Gasteiger partial charge in [-0.2, -0.15) is 0 Å². The summed E-state index contributed by atoms with van der Waals surface area (Å²) in [6.07, 6.45) is 0. The number of fused-ring (bicyclic) bond motifs is 1. The molecule has 0 amide bonds. The van der Waals surface area contributed by atoms with Crippen LogP contribution in [0.4, 0.5) is 5.82 Å². The van der Waals surface area contributed by atoms with Crippen LogP contribution in [0, 0.1) is 5.92 Å². The number of nitrogens with zero attached hydrogens (tertiary/aromatic N) is 2. The lowest BCUT2D eigenvalue weighted by atomic mass is 10.1. The molecular formula is C18H27N3. The molecule has 114 valence electrons. The SMILES string of the molecule is CCNCc1cc(N(CC)CC(C)C)nc2ccccc12. The van der Waals surface area contributed by atoms with Crippen LogP contribution in [0.15, 0.2) is 30.3 Å². The number of aromatic nitrogens is 1. The highest BCUT2D eigenvalue weighted by Crippen LogP contribution is 2.23. The van der Waals surface area contributed by atoms with Crippen LogP contribution < -0.4 is 10.2 Å². The second kappa shape index (κ2) is 7.41. The number of para-hydroxylation sites is 1. The summed E-state index contributed by atoms with van der Waals surface area (Å²) in [5.41, 5.74) is 2.42. The summed E-state index contributed by atoms with van der Waals surface area (Å²) in [5, 5.41) is 4.69. The van der Waals surface area contributed by atoms with E-state index in [9.17, 15) is 0 Å². The number of nitrogens with one attached hydrogen (secondary N) is 1. The first kappa shape index (κ1) is 15.8. The summed E-state index contributed by atoms with van der Waals surface area (Å²) >= 11 is 0. The number of rotatable bonds is 7. The van der Waals surface area contributed by atoms with Crippen molar-refractivity contribution >= 4 is 16.7 Å². The molecular weight excluding hydrogens is 258 g/mol. The highest BCUT2D eigenvalue weighted by molar-refractivity contribution is 5.84. The Labute approximate surface area is 128 Å². The molecule has 0 aliphatic carbocycles. The Morgan fingerprint density at radius 3 is 2.62 bits per heavy atom. The number of benzene rings is 1. The van der Waals surface area contributed by atoms with Gasteiger partial charge < -0.3 is 10.2 Å². The van der Waals surface area contributed by atoms with Crippen molar-refractivity contribution < 1.29 is 0 Å². The van der Waals surface area contributed by atoms with Crippen LogP contribution in [0.3, 0.4) is 0 Å². The molecule has 0 aliphatic heterocycles. The van der Waals surface area contributed by atoms with Crippen molar-refractivity contribution in [1.82, 2.24) is 10.3 Å². The predicted octanol–water partition coefficient (Wildman–Crippen LogP) is 3.83. The van der Waals surface area contributed by atoms with E-state index in [0.29, 0.717) is 5.92 Å². The van der Waals surface area contributed by atoms with Crippen LogP contribution in [0.2, 0.25) is 0 Å². The minimum atomic E-state index is 0.635. The largest absolute Gasteiger partial charge is 0.357 e. The smallest absolute Gasteiger partial charge is 0.129 e. The van der Waals surface area contributed by atoms with Crippen LogP contribution >= 0.6 is 0 Å². The Balaban J connectivity index is 2.43. The Morgan fingerprint density at radius 1 is 1.19 bits per heavy atom.